The molecular formula is C7H9NO5. The number of hydroxylamine groups is 2. The third-order valence-corrected chi connectivity index (χ3v) is 1.86. The van der Waals surface area contributed by atoms with E-state index in [-0.39, 0.29) is 6.42 Å². The molecule has 1 fully saturated rings. The maximum Gasteiger partial charge on any atom is 0.531 e. The summed E-state index contributed by atoms with van der Waals surface area (Å²) >= 11 is 0. The van der Waals surface area contributed by atoms with Gasteiger partial charge in [0.1, 0.15) is 0 Å². The molecular weight excluding hydrogens is 178 g/mol. The largest absolute Gasteiger partial charge is 0.531 e. The molecule has 6 nitrogen and oxygen atoms in total. The molecule has 1 saturated heterocycles. The fraction of sp³-hybridized carbons (Fsp3) is 0.571. The summed E-state index contributed by atoms with van der Waals surface area (Å²) in [5.41, 5.74) is 0. The van der Waals surface area contributed by atoms with Gasteiger partial charge < -0.3 is 5.11 Å². The lowest BCUT2D eigenvalue weighted by molar-refractivity contribution is -0.176. The van der Waals surface area contributed by atoms with Gasteiger partial charge in [-0.15, -0.1) is 0 Å². The smallest absolute Gasteiger partial charge is 0.448 e. The Hall–Kier alpha value is -1.59. The first-order valence-corrected chi connectivity index (χ1v) is 3.84. The average Bonchev–Trinajstić information content (AvgIpc) is 2.31. The van der Waals surface area contributed by atoms with Crippen LogP contribution in [0.25, 0.3) is 0 Å². The zero-order chi connectivity index (χ0) is 10.0. The molecule has 1 aliphatic heterocycles. The van der Waals surface area contributed by atoms with Gasteiger partial charge in [0.2, 0.25) is 0 Å². The Balaban J connectivity index is 2.70. The van der Waals surface area contributed by atoms with Crippen molar-refractivity contribution in [1.29, 1.82) is 0 Å². The highest BCUT2D eigenvalue weighted by atomic mass is 16.8. The minimum atomic E-state index is -1.65. The molecule has 13 heavy (non-hydrogen) atoms. The van der Waals surface area contributed by atoms with Crippen molar-refractivity contribution >= 4 is 18.0 Å². The molecule has 2 amide bonds. The molecule has 0 aromatic heterocycles. The van der Waals surface area contributed by atoms with Crippen LogP contribution >= 0.6 is 0 Å². The number of rotatable bonds is 2. The van der Waals surface area contributed by atoms with Crippen LogP contribution in [-0.2, 0) is 14.4 Å². The van der Waals surface area contributed by atoms with Crippen LogP contribution in [0.15, 0.2) is 0 Å². The van der Waals surface area contributed by atoms with E-state index in [1.54, 1.807) is 6.92 Å². The van der Waals surface area contributed by atoms with E-state index < -0.39 is 23.9 Å². The minimum absolute atomic E-state index is 0.0304. The molecule has 0 radical (unpaired) electrons. The van der Waals surface area contributed by atoms with Crippen molar-refractivity contribution in [3.63, 3.8) is 0 Å². The second kappa shape index (κ2) is 3.42. The van der Waals surface area contributed by atoms with E-state index >= 15 is 0 Å². The Labute approximate surface area is 74.0 Å². The predicted octanol–water partition coefficient (Wildman–Crippen LogP) is 0.381. The fourth-order valence-electron chi connectivity index (χ4n) is 1.16. The second-order valence-corrected chi connectivity index (χ2v) is 2.69. The van der Waals surface area contributed by atoms with Gasteiger partial charge in [-0.1, -0.05) is 12.0 Å². The van der Waals surface area contributed by atoms with Gasteiger partial charge in [0.15, 0.2) is 0 Å². The minimum Gasteiger partial charge on any atom is -0.448 e. The maximum atomic E-state index is 11.2. The predicted molar refractivity (Wildman–Crippen MR) is 39.4 cm³/mol. The highest BCUT2D eigenvalue weighted by Crippen LogP contribution is 2.22. The summed E-state index contributed by atoms with van der Waals surface area (Å²) in [6, 6.07) is 0. The Bertz CT molecular complexity index is 262. The first-order valence-electron chi connectivity index (χ1n) is 3.84. The highest BCUT2D eigenvalue weighted by molar-refractivity contribution is 6.02. The number of hydrogen-bond donors (Lipinski definition) is 1. The van der Waals surface area contributed by atoms with Gasteiger partial charge in [-0.3, -0.25) is 14.4 Å². The van der Waals surface area contributed by atoms with Gasteiger partial charge >= 0.3 is 6.16 Å². The van der Waals surface area contributed by atoms with E-state index in [0.29, 0.717) is 11.5 Å². The quantitative estimate of drug-likeness (QED) is 0.632. The van der Waals surface area contributed by atoms with Crippen molar-refractivity contribution in [2.45, 2.75) is 19.8 Å². The molecule has 0 bridgehead atoms. The molecule has 1 rings (SSSR count). The summed E-state index contributed by atoms with van der Waals surface area (Å²) in [5, 5.41) is 8.52. The number of carbonyl (C=O) groups is 3. The third-order valence-electron chi connectivity index (χ3n) is 1.86. The SMILES string of the molecule is CCC1CC(=O)N(OC(=O)O)C1=O. The lowest BCUT2D eigenvalue weighted by Crippen LogP contribution is -2.32. The van der Waals surface area contributed by atoms with Gasteiger partial charge in [-0.2, -0.15) is 0 Å². The molecule has 1 heterocycles. The van der Waals surface area contributed by atoms with Crippen LogP contribution in [-0.4, -0.2) is 28.1 Å². The van der Waals surface area contributed by atoms with Crippen LogP contribution in [0.3, 0.4) is 0 Å². The molecule has 1 unspecified atom stereocenters. The number of imide groups is 1. The van der Waals surface area contributed by atoms with Crippen LogP contribution in [0, 0.1) is 5.92 Å². The van der Waals surface area contributed by atoms with Crippen LogP contribution in [0.5, 0.6) is 0 Å². The molecule has 0 aromatic rings. The molecule has 1 N–H and O–H groups in total. The standard InChI is InChI=1S/C7H9NO5/c1-2-4-3-5(9)8(6(4)10)13-7(11)12/h4H,2-3H2,1H3,(H,11,12). The summed E-state index contributed by atoms with van der Waals surface area (Å²) in [6.45, 7) is 1.75. The van der Waals surface area contributed by atoms with Gasteiger partial charge in [-0.25, -0.2) is 4.79 Å². The van der Waals surface area contributed by atoms with Gasteiger partial charge in [-0.05, 0) is 6.42 Å². The molecule has 0 aromatic carbocycles. The molecule has 6 heteroatoms. The third kappa shape index (κ3) is 1.77. The number of carboxylic acid groups (broad SMARTS) is 1. The normalized spacial score (nSPS) is 22.2. The fourth-order valence-corrected chi connectivity index (χ4v) is 1.16. The van der Waals surface area contributed by atoms with Crippen molar-refractivity contribution in [2.24, 2.45) is 5.92 Å². The highest BCUT2D eigenvalue weighted by Gasteiger charge is 2.40. The van der Waals surface area contributed by atoms with Gasteiger partial charge in [0.25, 0.3) is 11.8 Å². The van der Waals surface area contributed by atoms with Crippen LogP contribution < -0.4 is 0 Å². The molecule has 0 saturated carbocycles. The molecule has 1 atom stereocenters. The summed E-state index contributed by atoms with van der Waals surface area (Å²) < 4.78 is 0. The molecule has 1 aliphatic rings. The summed E-state index contributed by atoms with van der Waals surface area (Å²) in [6.07, 6.45) is -1.12. The topological polar surface area (TPSA) is 83.9 Å². The maximum absolute atomic E-state index is 11.2. The van der Waals surface area contributed by atoms with E-state index in [1.165, 1.54) is 0 Å². The number of hydrogen-bond acceptors (Lipinski definition) is 4. The van der Waals surface area contributed by atoms with Crippen molar-refractivity contribution in [1.82, 2.24) is 5.06 Å². The van der Waals surface area contributed by atoms with Crippen LogP contribution in [0.2, 0.25) is 0 Å². The van der Waals surface area contributed by atoms with Crippen molar-refractivity contribution in [3.05, 3.63) is 0 Å². The Morgan fingerprint density at radius 2 is 2.31 bits per heavy atom. The number of nitrogens with zero attached hydrogens (tertiary/aromatic N) is 1. The number of amides is 2. The lowest BCUT2D eigenvalue weighted by atomic mass is 10.1. The van der Waals surface area contributed by atoms with Gasteiger partial charge in [0.05, 0.1) is 5.92 Å². The zero-order valence-corrected chi connectivity index (χ0v) is 7.02. The van der Waals surface area contributed by atoms with E-state index in [1.807, 2.05) is 0 Å². The van der Waals surface area contributed by atoms with Gasteiger partial charge in [0, 0.05) is 6.42 Å². The van der Waals surface area contributed by atoms with E-state index in [4.69, 9.17) is 5.11 Å². The Morgan fingerprint density at radius 1 is 1.69 bits per heavy atom. The number of carbonyl (C=O) groups excluding carboxylic acids is 2. The van der Waals surface area contributed by atoms with Crippen molar-refractivity contribution in [3.8, 4) is 0 Å². The first kappa shape index (κ1) is 9.50. The molecule has 0 aliphatic carbocycles. The van der Waals surface area contributed by atoms with Crippen molar-refractivity contribution < 1.29 is 24.3 Å². The lowest BCUT2D eigenvalue weighted by Gasteiger charge is -2.09. The van der Waals surface area contributed by atoms with E-state index in [0.717, 1.165) is 0 Å². The second-order valence-electron chi connectivity index (χ2n) is 2.69. The molecule has 72 valence electrons. The van der Waals surface area contributed by atoms with Crippen molar-refractivity contribution in [2.75, 3.05) is 0 Å². The summed E-state index contributed by atoms with van der Waals surface area (Å²) in [5.74, 6) is -1.61. The van der Waals surface area contributed by atoms with E-state index in [9.17, 15) is 14.4 Å². The monoisotopic (exact) mass is 187 g/mol. The first-order chi connectivity index (χ1) is 6.06. The average molecular weight is 187 g/mol. The Morgan fingerprint density at radius 3 is 2.69 bits per heavy atom. The van der Waals surface area contributed by atoms with E-state index in [2.05, 4.69) is 4.84 Å². The zero-order valence-electron chi connectivity index (χ0n) is 7.02. The van der Waals surface area contributed by atoms with Crippen LogP contribution in [0.1, 0.15) is 19.8 Å². The Kier molecular flexibility index (Phi) is 2.50. The summed E-state index contributed by atoms with van der Waals surface area (Å²) in [7, 11) is 0. The molecule has 0 spiro atoms. The summed E-state index contributed by atoms with van der Waals surface area (Å²) in [4.78, 5) is 36.3. The van der Waals surface area contributed by atoms with Crippen LogP contribution in [0.4, 0.5) is 4.79 Å².